The summed E-state index contributed by atoms with van der Waals surface area (Å²) in [5.41, 5.74) is -1.16. The molecule has 12 heavy (non-hydrogen) atoms. The van der Waals surface area contributed by atoms with Crippen molar-refractivity contribution in [1.29, 1.82) is 0 Å². The predicted molar refractivity (Wildman–Crippen MR) is 37.9 cm³/mol. The van der Waals surface area contributed by atoms with Gasteiger partial charge in [0.1, 0.15) is 0 Å². The van der Waals surface area contributed by atoms with Crippen LogP contribution in [0.4, 0.5) is 8.78 Å². The van der Waals surface area contributed by atoms with Gasteiger partial charge in [-0.25, -0.2) is 8.78 Å². The zero-order valence-electron chi connectivity index (χ0n) is 6.05. The summed E-state index contributed by atoms with van der Waals surface area (Å²) in [6.45, 7) is -0.365. The molecule has 0 atom stereocenters. The number of aromatic nitrogens is 1. The molecule has 0 spiro atoms. The van der Waals surface area contributed by atoms with Crippen LogP contribution in [-0.4, -0.2) is 10.1 Å². The highest BCUT2D eigenvalue weighted by Crippen LogP contribution is 2.14. The highest BCUT2D eigenvalue weighted by Gasteiger charge is 2.11. The standard InChI is InChI=1S/C7H7F2NO2/c8-6(9)5-1-4(3-11)2-10-7(5)12/h1-2,6,11H,3H2,(H,10,12). The van der Waals surface area contributed by atoms with Crippen LogP contribution in [0, 0.1) is 0 Å². The summed E-state index contributed by atoms with van der Waals surface area (Å²) in [5.74, 6) is 0. The molecule has 1 aromatic heterocycles. The predicted octanol–water partition coefficient (Wildman–Crippen LogP) is 0.805. The fourth-order valence-corrected chi connectivity index (χ4v) is 0.802. The van der Waals surface area contributed by atoms with Gasteiger partial charge in [0.05, 0.1) is 12.2 Å². The van der Waals surface area contributed by atoms with Crippen molar-refractivity contribution >= 4 is 0 Å². The van der Waals surface area contributed by atoms with Crippen molar-refractivity contribution in [2.45, 2.75) is 13.0 Å². The lowest BCUT2D eigenvalue weighted by atomic mass is 10.2. The summed E-state index contributed by atoms with van der Waals surface area (Å²) in [6, 6.07) is 0.990. The summed E-state index contributed by atoms with van der Waals surface area (Å²) in [4.78, 5) is 12.8. The molecule has 66 valence electrons. The Hall–Kier alpha value is -1.23. The largest absolute Gasteiger partial charge is 0.392 e. The maximum Gasteiger partial charge on any atom is 0.269 e. The maximum absolute atomic E-state index is 12.0. The Morgan fingerprint density at radius 3 is 2.75 bits per heavy atom. The Labute approximate surface area is 66.7 Å². The smallest absolute Gasteiger partial charge is 0.269 e. The van der Waals surface area contributed by atoms with Gasteiger partial charge in [0, 0.05) is 6.20 Å². The van der Waals surface area contributed by atoms with E-state index in [2.05, 4.69) is 4.98 Å². The number of rotatable bonds is 2. The molecule has 0 fully saturated rings. The Morgan fingerprint density at radius 1 is 1.58 bits per heavy atom. The third-order valence-corrected chi connectivity index (χ3v) is 1.41. The number of aliphatic hydroxyl groups excluding tert-OH is 1. The minimum absolute atomic E-state index is 0.268. The highest BCUT2D eigenvalue weighted by atomic mass is 19.3. The van der Waals surface area contributed by atoms with E-state index in [0.29, 0.717) is 0 Å². The highest BCUT2D eigenvalue weighted by molar-refractivity contribution is 5.18. The van der Waals surface area contributed by atoms with E-state index < -0.39 is 17.5 Å². The van der Waals surface area contributed by atoms with Gasteiger partial charge in [-0.1, -0.05) is 0 Å². The van der Waals surface area contributed by atoms with Crippen LogP contribution in [0.25, 0.3) is 0 Å². The third-order valence-electron chi connectivity index (χ3n) is 1.41. The summed E-state index contributed by atoms with van der Waals surface area (Å²) >= 11 is 0. The fraction of sp³-hybridized carbons (Fsp3) is 0.286. The van der Waals surface area contributed by atoms with Crippen molar-refractivity contribution in [1.82, 2.24) is 4.98 Å². The summed E-state index contributed by atoms with van der Waals surface area (Å²) < 4.78 is 24.1. The van der Waals surface area contributed by atoms with Crippen LogP contribution in [0.3, 0.4) is 0 Å². The zero-order chi connectivity index (χ0) is 9.14. The number of hydrogen-bond donors (Lipinski definition) is 2. The first kappa shape index (κ1) is 8.86. The molecule has 0 amide bonds. The fourth-order valence-electron chi connectivity index (χ4n) is 0.802. The topological polar surface area (TPSA) is 53.1 Å². The molecule has 0 radical (unpaired) electrons. The molecule has 0 aliphatic heterocycles. The molecule has 2 N–H and O–H groups in total. The minimum atomic E-state index is -2.81. The van der Waals surface area contributed by atoms with E-state index in [1.54, 1.807) is 0 Å². The molecule has 0 saturated heterocycles. The Bertz CT molecular complexity index is 321. The van der Waals surface area contributed by atoms with Gasteiger partial charge in [0.2, 0.25) is 0 Å². The number of alkyl halides is 2. The lowest BCUT2D eigenvalue weighted by Gasteiger charge is -1.99. The van der Waals surface area contributed by atoms with Crippen LogP contribution in [0.5, 0.6) is 0 Å². The van der Waals surface area contributed by atoms with E-state index in [4.69, 9.17) is 5.11 Å². The molecule has 0 aliphatic carbocycles. The van der Waals surface area contributed by atoms with Crippen LogP contribution in [0.15, 0.2) is 17.1 Å². The number of aromatic amines is 1. The van der Waals surface area contributed by atoms with Crippen LogP contribution in [0.1, 0.15) is 17.6 Å². The molecule has 0 bridgehead atoms. The summed E-state index contributed by atoms with van der Waals surface area (Å²) in [7, 11) is 0. The molecule has 1 rings (SSSR count). The summed E-state index contributed by atoms with van der Waals surface area (Å²) in [6.07, 6.45) is -1.60. The first-order valence-corrected chi connectivity index (χ1v) is 3.25. The van der Waals surface area contributed by atoms with E-state index in [9.17, 15) is 13.6 Å². The second kappa shape index (κ2) is 3.44. The van der Waals surface area contributed by atoms with Crippen LogP contribution >= 0.6 is 0 Å². The monoisotopic (exact) mass is 175 g/mol. The normalized spacial score (nSPS) is 10.7. The molecule has 5 heteroatoms. The number of aliphatic hydroxyl groups is 1. The number of pyridine rings is 1. The third kappa shape index (κ3) is 1.68. The van der Waals surface area contributed by atoms with Gasteiger partial charge in [-0.3, -0.25) is 4.79 Å². The van der Waals surface area contributed by atoms with Crippen molar-refractivity contribution in [3.8, 4) is 0 Å². The van der Waals surface area contributed by atoms with Crippen LogP contribution < -0.4 is 5.56 Å². The first-order chi connectivity index (χ1) is 5.65. The lowest BCUT2D eigenvalue weighted by molar-refractivity contribution is 0.149. The van der Waals surface area contributed by atoms with Gasteiger partial charge in [-0.15, -0.1) is 0 Å². The van der Waals surface area contributed by atoms with Gasteiger partial charge in [-0.05, 0) is 11.6 Å². The molecule has 1 heterocycles. The molecular formula is C7H7F2NO2. The van der Waals surface area contributed by atoms with Gasteiger partial charge in [0.15, 0.2) is 0 Å². The number of halogens is 2. The first-order valence-electron chi connectivity index (χ1n) is 3.25. The SMILES string of the molecule is O=c1[nH]cc(CO)cc1C(F)F. The van der Waals surface area contributed by atoms with Crippen molar-refractivity contribution in [3.63, 3.8) is 0 Å². The molecule has 0 aliphatic rings. The Balaban J connectivity index is 3.17. The van der Waals surface area contributed by atoms with Gasteiger partial charge in [-0.2, -0.15) is 0 Å². The van der Waals surface area contributed by atoms with Gasteiger partial charge < -0.3 is 10.1 Å². The van der Waals surface area contributed by atoms with Crippen LogP contribution in [0.2, 0.25) is 0 Å². The van der Waals surface area contributed by atoms with E-state index in [0.717, 1.165) is 6.07 Å². The number of H-pyrrole nitrogens is 1. The summed E-state index contributed by atoms with van der Waals surface area (Å²) in [5, 5.41) is 8.57. The van der Waals surface area contributed by atoms with Gasteiger partial charge in [0.25, 0.3) is 12.0 Å². The molecular weight excluding hydrogens is 168 g/mol. The molecule has 0 aromatic carbocycles. The van der Waals surface area contributed by atoms with Gasteiger partial charge >= 0.3 is 0 Å². The van der Waals surface area contributed by atoms with E-state index >= 15 is 0 Å². The minimum Gasteiger partial charge on any atom is -0.392 e. The molecule has 0 saturated carbocycles. The van der Waals surface area contributed by atoms with Crippen molar-refractivity contribution in [3.05, 3.63) is 33.7 Å². The van der Waals surface area contributed by atoms with Crippen molar-refractivity contribution < 1.29 is 13.9 Å². The second-order valence-electron chi connectivity index (χ2n) is 2.25. The van der Waals surface area contributed by atoms with Crippen molar-refractivity contribution in [2.24, 2.45) is 0 Å². The molecule has 3 nitrogen and oxygen atoms in total. The molecule has 0 unspecified atom stereocenters. The van der Waals surface area contributed by atoms with E-state index in [1.165, 1.54) is 6.20 Å². The van der Waals surface area contributed by atoms with E-state index in [1.807, 2.05) is 0 Å². The maximum atomic E-state index is 12.0. The second-order valence-corrected chi connectivity index (χ2v) is 2.25. The average molecular weight is 175 g/mol. The number of hydrogen-bond acceptors (Lipinski definition) is 2. The number of nitrogens with one attached hydrogen (secondary N) is 1. The quantitative estimate of drug-likeness (QED) is 0.698. The van der Waals surface area contributed by atoms with Crippen molar-refractivity contribution in [2.75, 3.05) is 0 Å². The Morgan fingerprint density at radius 2 is 2.25 bits per heavy atom. The molecule has 1 aromatic rings. The lowest BCUT2D eigenvalue weighted by Crippen LogP contribution is -2.12. The van der Waals surface area contributed by atoms with E-state index in [-0.39, 0.29) is 12.2 Å². The zero-order valence-corrected chi connectivity index (χ0v) is 6.05. The van der Waals surface area contributed by atoms with Crippen LogP contribution in [-0.2, 0) is 6.61 Å². The Kier molecular flexibility index (Phi) is 2.54. The average Bonchev–Trinajstić information content (AvgIpc) is 2.05.